The molecule has 1 saturated heterocycles. The Morgan fingerprint density at radius 3 is 2.57 bits per heavy atom. The Balaban J connectivity index is 1.18. The van der Waals surface area contributed by atoms with E-state index >= 15 is 0 Å². The summed E-state index contributed by atoms with van der Waals surface area (Å²) in [5.41, 5.74) is 1.90. The molecule has 3 aliphatic heterocycles. The average molecular weight is 651 g/mol. The first-order chi connectivity index (χ1) is 23.1. The molecule has 0 radical (unpaired) electrons. The van der Waals surface area contributed by atoms with Gasteiger partial charge in [0.2, 0.25) is 13.1 Å². The topological polar surface area (TPSA) is 129 Å². The molecule has 0 aliphatic carbocycles. The SMILES string of the molecule is CCOC1OC(C(=O)N2CCN(Cc3ccc4c(c3)OCO4)CC2)=CC(c2coc3ccccc3c2=O)C1CCOCCOCCO. The van der Waals surface area contributed by atoms with Crippen LogP contribution in [0.4, 0.5) is 0 Å². The lowest BCUT2D eigenvalue weighted by Gasteiger charge is -2.39. The molecule has 3 aliphatic rings. The zero-order chi connectivity index (χ0) is 32.6. The fraction of sp³-hybridized carbons (Fsp3) is 0.486. The van der Waals surface area contributed by atoms with Gasteiger partial charge in [-0.15, -0.1) is 0 Å². The third-order valence-corrected chi connectivity index (χ3v) is 8.70. The van der Waals surface area contributed by atoms with Gasteiger partial charge in [-0.05, 0) is 49.2 Å². The number of aliphatic hydroxyl groups excluding tert-OH is 1. The first-order valence-corrected chi connectivity index (χ1v) is 16.2. The van der Waals surface area contributed by atoms with E-state index in [4.69, 9.17) is 37.9 Å². The number of rotatable bonds is 14. The van der Waals surface area contributed by atoms with Crippen molar-refractivity contribution in [3.8, 4) is 11.5 Å². The minimum absolute atomic E-state index is 0.0459. The van der Waals surface area contributed by atoms with Crippen LogP contribution in [0.25, 0.3) is 11.0 Å². The Morgan fingerprint density at radius 1 is 0.979 bits per heavy atom. The summed E-state index contributed by atoms with van der Waals surface area (Å²) in [6, 6.07) is 13.1. The van der Waals surface area contributed by atoms with Gasteiger partial charge < -0.3 is 42.8 Å². The molecule has 0 bridgehead atoms. The van der Waals surface area contributed by atoms with Crippen molar-refractivity contribution in [2.24, 2.45) is 5.92 Å². The van der Waals surface area contributed by atoms with Gasteiger partial charge in [0.25, 0.3) is 5.91 Å². The smallest absolute Gasteiger partial charge is 0.288 e. The first kappa shape index (κ1) is 33.0. The molecule has 1 amide bonds. The van der Waals surface area contributed by atoms with Gasteiger partial charge in [-0.25, -0.2) is 0 Å². The summed E-state index contributed by atoms with van der Waals surface area (Å²) in [6.45, 7) is 6.94. The van der Waals surface area contributed by atoms with Crippen molar-refractivity contribution in [2.75, 3.05) is 72.6 Å². The van der Waals surface area contributed by atoms with Gasteiger partial charge in [-0.1, -0.05) is 18.2 Å². The molecule has 0 saturated carbocycles. The van der Waals surface area contributed by atoms with Crippen LogP contribution in [0.2, 0.25) is 0 Å². The van der Waals surface area contributed by atoms with Crippen molar-refractivity contribution in [1.82, 2.24) is 9.80 Å². The van der Waals surface area contributed by atoms with E-state index in [0.29, 0.717) is 75.6 Å². The number of amides is 1. The number of hydrogen-bond acceptors (Lipinski definition) is 11. The van der Waals surface area contributed by atoms with Gasteiger partial charge in [-0.2, -0.15) is 0 Å². The van der Waals surface area contributed by atoms with E-state index in [2.05, 4.69) is 4.90 Å². The Bertz CT molecular complexity index is 1600. The van der Waals surface area contributed by atoms with Crippen LogP contribution in [0, 0.1) is 5.92 Å². The fourth-order valence-corrected chi connectivity index (χ4v) is 6.28. The molecule has 2 aromatic carbocycles. The van der Waals surface area contributed by atoms with Crippen LogP contribution >= 0.6 is 0 Å². The second-order valence-corrected chi connectivity index (χ2v) is 11.7. The van der Waals surface area contributed by atoms with Crippen LogP contribution in [0.15, 0.2) is 69.8 Å². The van der Waals surface area contributed by atoms with Crippen LogP contribution < -0.4 is 14.9 Å². The second-order valence-electron chi connectivity index (χ2n) is 11.7. The number of hydrogen-bond donors (Lipinski definition) is 1. The third kappa shape index (κ3) is 7.79. The van der Waals surface area contributed by atoms with Crippen LogP contribution in [0.5, 0.6) is 11.5 Å². The maximum absolute atomic E-state index is 13.9. The van der Waals surface area contributed by atoms with Crippen molar-refractivity contribution in [2.45, 2.75) is 32.1 Å². The normalized spacial score (nSPS) is 21.1. The zero-order valence-corrected chi connectivity index (χ0v) is 26.6. The summed E-state index contributed by atoms with van der Waals surface area (Å²) < 4.78 is 40.3. The number of carbonyl (C=O) groups excluding carboxylic acids is 1. The van der Waals surface area contributed by atoms with E-state index in [0.717, 1.165) is 23.6 Å². The van der Waals surface area contributed by atoms with Crippen LogP contribution in [-0.4, -0.2) is 99.7 Å². The minimum Gasteiger partial charge on any atom is -0.464 e. The van der Waals surface area contributed by atoms with E-state index in [-0.39, 0.29) is 43.0 Å². The number of carbonyl (C=O) groups is 1. The Morgan fingerprint density at radius 2 is 1.77 bits per heavy atom. The van der Waals surface area contributed by atoms with E-state index in [9.17, 15) is 9.59 Å². The van der Waals surface area contributed by atoms with Crippen LogP contribution in [0.1, 0.15) is 30.4 Å². The van der Waals surface area contributed by atoms with E-state index in [1.165, 1.54) is 6.26 Å². The minimum atomic E-state index is -0.777. The predicted molar refractivity (Wildman–Crippen MR) is 171 cm³/mol. The summed E-state index contributed by atoms with van der Waals surface area (Å²) in [5, 5.41) is 9.38. The summed E-state index contributed by atoms with van der Waals surface area (Å²) in [5.74, 6) is 0.611. The number of para-hydroxylation sites is 1. The molecule has 4 heterocycles. The summed E-state index contributed by atoms with van der Waals surface area (Å²) >= 11 is 0. The monoisotopic (exact) mass is 650 g/mol. The lowest BCUT2D eigenvalue weighted by Crippen LogP contribution is -2.50. The molecule has 252 valence electrons. The van der Waals surface area contributed by atoms with Crippen LogP contribution in [0.3, 0.4) is 0 Å². The van der Waals surface area contributed by atoms with E-state index < -0.39 is 12.2 Å². The van der Waals surface area contributed by atoms with E-state index in [1.54, 1.807) is 29.2 Å². The first-order valence-electron chi connectivity index (χ1n) is 16.2. The Kier molecular flexibility index (Phi) is 11.1. The molecule has 3 aromatic rings. The predicted octanol–water partition coefficient (Wildman–Crippen LogP) is 3.26. The number of nitrogens with zero attached hydrogens (tertiary/aromatic N) is 2. The van der Waals surface area contributed by atoms with Gasteiger partial charge in [0.15, 0.2) is 22.7 Å². The summed E-state index contributed by atoms with van der Waals surface area (Å²) in [6.07, 6.45) is 2.97. The second kappa shape index (κ2) is 15.8. The average Bonchev–Trinajstić information content (AvgIpc) is 3.57. The molecule has 12 heteroatoms. The number of fused-ring (bicyclic) bond motifs is 2. The number of ether oxygens (including phenoxy) is 6. The Hall–Kier alpha value is -3.94. The number of allylic oxidation sites excluding steroid dienone is 1. The van der Waals surface area contributed by atoms with Crippen molar-refractivity contribution in [1.29, 1.82) is 0 Å². The van der Waals surface area contributed by atoms with Crippen molar-refractivity contribution >= 4 is 16.9 Å². The molecule has 1 fully saturated rings. The molecule has 3 atom stereocenters. The fourth-order valence-electron chi connectivity index (χ4n) is 6.28. The molecule has 1 aromatic heterocycles. The highest BCUT2D eigenvalue weighted by Crippen LogP contribution is 2.39. The maximum Gasteiger partial charge on any atom is 0.288 e. The Labute approximate surface area is 273 Å². The standard InChI is InChI=1S/C35H42N2O10/c1-2-43-35-25(9-15-41-17-18-42-16-14-38)27(28-22-44-29-6-4-3-5-26(29)33(28)39)20-32(47-35)34(40)37-12-10-36(11-13-37)21-24-7-8-30-31(19-24)46-23-45-30/h3-8,19-20,22,25,27,35,38H,2,9-18,21,23H2,1H3. The quantitative estimate of drug-likeness (QED) is 0.258. The van der Waals surface area contributed by atoms with Crippen molar-refractivity contribution in [3.63, 3.8) is 0 Å². The van der Waals surface area contributed by atoms with Gasteiger partial charge in [0, 0.05) is 63.3 Å². The highest BCUT2D eigenvalue weighted by Gasteiger charge is 2.40. The molecule has 12 nitrogen and oxygen atoms in total. The lowest BCUT2D eigenvalue weighted by atomic mass is 9.81. The molecule has 1 N–H and O–H groups in total. The van der Waals surface area contributed by atoms with Crippen LogP contribution in [-0.2, 0) is 30.3 Å². The summed E-state index contributed by atoms with van der Waals surface area (Å²) in [7, 11) is 0. The van der Waals surface area contributed by atoms with Crippen molar-refractivity contribution in [3.05, 3.63) is 81.9 Å². The largest absolute Gasteiger partial charge is 0.464 e. The van der Waals surface area contributed by atoms with Gasteiger partial charge in [0.05, 0.1) is 38.1 Å². The zero-order valence-electron chi connectivity index (χ0n) is 26.6. The molecule has 0 spiro atoms. The maximum atomic E-state index is 13.9. The van der Waals surface area contributed by atoms with Gasteiger partial charge >= 0.3 is 0 Å². The highest BCUT2D eigenvalue weighted by molar-refractivity contribution is 5.92. The van der Waals surface area contributed by atoms with Crippen molar-refractivity contribution < 1.29 is 42.7 Å². The summed E-state index contributed by atoms with van der Waals surface area (Å²) in [4.78, 5) is 31.8. The van der Waals surface area contributed by atoms with E-state index in [1.807, 2.05) is 31.2 Å². The third-order valence-electron chi connectivity index (χ3n) is 8.70. The lowest BCUT2D eigenvalue weighted by molar-refractivity contribution is -0.172. The molecule has 47 heavy (non-hydrogen) atoms. The molecular formula is C35H42N2O10. The molecule has 3 unspecified atom stereocenters. The van der Waals surface area contributed by atoms with Gasteiger partial charge in [0.1, 0.15) is 5.58 Å². The number of piperazine rings is 1. The molecular weight excluding hydrogens is 608 g/mol. The number of benzene rings is 2. The van der Waals surface area contributed by atoms with Gasteiger partial charge in [-0.3, -0.25) is 14.5 Å². The highest BCUT2D eigenvalue weighted by atomic mass is 16.7. The number of aliphatic hydroxyl groups is 1. The molecule has 6 rings (SSSR count).